The lowest BCUT2D eigenvalue weighted by molar-refractivity contribution is -0.120. The number of anilines is 1. The fourth-order valence-electron chi connectivity index (χ4n) is 3.26. The summed E-state index contributed by atoms with van der Waals surface area (Å²) in [4.78, 5) is 22.3. The van der Waals surface area contributed by atoms with Crippen LogP contribution in [0.2, 0.25) is 0 Å². The van der Waals surface area contributed by atoms with Crippen molar-refractivity contribution in [1.82, 2.24) is 24.6 Å². The second-order valence-electron chi connectivity index (χ2n) is 6.15. The summed E-state index contributed by atoms with van der Waals surface area (Å²) in [6, 6.07) is 9.45. The van der Waals surface area contributed by atoms with Gasteiger partial charge in [-0.1, -0.05) is 6.07 Å². The molecule has 1 aliphatic heterocycles. The number of rotatable bonds is 5. The molecule has 4 rings (SSSR count). The number of nitrogens with one attached hydrogen (secondary N) is 2. The second-order valence-corrected chi connectivity index (χ2v) is 6.15. The first-order valence-electron chi connectivity index (χ1n) is 8.43. The second kappa shape index (κ2) is 6.90. The summed E-state index contributed by atoms with van der Waals surface area (Å²) in [5, 5.41) is 7.27. The van der Waals surface area contributed by atoms with Crippen LogP contribution in [-0.4, -0.2) is 43.1 Å². The normalized spacial score (nSPS) is 17.7. The van der Waals surface area contributed by atoms with E-state index in [-0.39, 0.29) is 11.9 Å². The number of hydrogen-bond acceptors (Lipinski definition) is 4. The van der Waals surface area contributed by atoms with Gasteiger partial charge in [0.25, 0.3) is 0 Å². The third kappa shape index (κ3) is 3.46. The summed E-state index contributed by atoms with van der Waals surface area (Å²) in [6.45, 7) is 1.57. The molecule has 2 N–H and O–H groups in total. The van der Waals surface area contributed by atoms with Gasteiger partial charge in [-0.3, -0.25) is 9.69 Å². The van der Waals surface area contributed by atoms with Crippen LogP contribution in [0.25, 0.3) is 5.69 Å². The number of amides is 1. The van der Waals surface area contributed by atoms with Crippen molar-refractivity contribution in [2.24, 2.45) is 0 Å². The minimum absolute atomic E-state index is 0.0293. The summed E-state index contributed by atoms with van der Waals surface area (Å²) < 4.78 is 1.77. The van der Waals surface area contributed by atoms with Crippen molar-refractivity contribution >= 4 is 11.6 Å². The number of imidazole rings is 1. The maximum atomic E-state index is 12.7. The Kier molecular flexibility index (Phi) is 4.30. The van der Waals surface area contributed by atoms with E-state index in [1.54, 1.807) is 23.3 Å². The first-order chi connectivity index (χ1) is 12.3. The highest BCUT2D eigenvalue weighted by Gasteiger charge is 2.31. The SMILES string of the molecule is O=C(Nc1cccc(-n2cccn2)c1)[C@H]1CCCN1Cc1ncc[nH]1. The molecule has 7 heteroatoms. The number of H-pyrrole nitrogens is 1. The first kappa shape index (κ1) is 15.6. The summed E-state index contributed by atoms with van der Waals surface area (Å²) in [7, 11) is 0. The molecule has 0 bridgehead atoms. The minimum atomic E-state index is -0.126. The lowest BCUT2D eigenvalue weighted by atomic mass is 10.2. The summed E-state index contributed by atoms with van der Waals surface area (Å²) in [6.07, 6.45) is 9.04. The Morgan fingerprint density at radius 3 is 3.08 bits per heavy atom. The van der Waals surface area contributed by atoms with Crippen LogP contribution in [0.1, 0.15) is 18.7 Å². The molecule has 1 aliphatic rings. The van der Waals surface area contributed by atoms with E-state index in [4.69, 9.17) is 0 Å². The van der Waals surface area contributed by atoms with E-state index in [9.17, 15) is 4.79 Å². The van der Waals surface area contributed by atoms with Crippen molar-refractivity contribution in [3.63, 3.8) is 0 Å². The van der Waals surface area contributed by atoms with Crippen molar-refractivity contribution in [2.45, 2.75) is 25.4 Å². The van der Waals surface area contributed by atoms with Crippen LogP contribution in [0, 0.1) is 0 Å². The van der Waals surface area contributed by atoms with Crippen LogP contribution in [-0.2, 0) is 11.3 Å². The minimum Gasteiger partial charge on any atom is -0.348 e. The number of carbonyl (C=O) groups excluding carboxylic acids is 1. The van der Waals surface area contributed by atoms with Gasteiger partial charge in [-0.15, -0.1) is 0 Å². The van der Waals surface area contributed by atoms with Crippen molar-refractivity contribution in [2.75, 3.05) is 11.9 Å². The van der Waals surface area contributed by atoms with Crippen LogP contribution in [0.4, 0.5) is 5.69 Å². The number of benzene rings is 1. The van der Waals surface area contributed by atoms with Crippen LogP contribution in [0.5, 0.6) is 0 Å². The molecule has 1 aromatic carbocycles. The lowest BCUT2D eigenvalue weighted by Crippen LogP contribution is -2.39. The van der Waals surface area contributed by atoms with Crippen molar-refractivity contribution < 1.29 is 4.79 Å². The van der Waals surface area contributed by atoms with E-state index in [0.29, 0.717) is 6.54 Å². The van der Waals surface area contributed by atoms with Gasteiger partial charge in [0.1, 0.15) is 5.82 Å². The predicted molar refractivity (Wildman–Crippen MR) is 94.2 cm³/mol. The Morgan fingerprint density at radius 2 is 2.28 bits per heavy atom. The monoisotopic (exact) mass is 336 g/mol. The number of aromatic amines is 1. The molecule has 1 saturated heterocycles. The average Bonchev–Trinajstić information content (AvgIpc) is 3.38. The molecule has 0 aliphatic carbocycles. The van der Waals surface area contributed by atoms with Gasteiger partial charge < -0.3 is 10.3 Å². The van der Waals surface area contributed by atoms with Gasteiger partial charge in [0, 0.05) is 30.5 Å². The molecule has 7 nitrogen and oxygen atoms in total. The fourth-order valence-corrected chi connectivity index (χ4v) is 3.26. The molecule has 2 aromatic heterocycles. The van der Waals surface area contributed by atoms with Gasteiger partial charge in [0.2, 0.25) is 5.91 Å². The smallest absolute Gasteiger partial charge is 0.241 e. The largest absolute Gasteiger partial charge is 0.348 e. The summed E-state index contributed by atoms with van der Waals surface area (Å²) in [5.41, 5.74) is 1.70. The van der Waals surface area contributed by atoms with Gasteiger partial charge in [0.05, 0.1) is 18.3 Å². The maximum absolute atomic E-state index is 12.7. The molecule has 1 atom stereocenters. The lowest BCUT2D eigenvalue weighted by Gasteiger charge is -2.22. The van der Waals surface area contributed by atoms with E-state index >= 15 is 0 Å². The zero-order chi connectivity index (χ0) is 17.1. The molecule has 3 heterocycles. The topological polar surface area (TPSA) is 78.8 Å². The van der Waals surface area contributed by atoms with Crippen LogP contribution in [0.3, 0.4) is 0 Å². The molecule has 3 aromatic rings. The Hall–Kier alpha value is -2.93. The van der Waals surface area contributed by atoms with E-state index in [2.05, 4.69) is 25.3 Å². The Labute approximate surface area is 145 Å². The summed E-state index contributed by atoms with van der Waals surface area (Å²) >= 11 is 0. The number of carbonyl (C=O) groups is 1. The van der Waals surface area contributed by atoms with Crippen molar-refractivity contribution in [1.29, 1.82) is 0 Å². The van der Waals surface area contributed by atoms with Gasteiger partial charge >= 0.3 is 0 Å². The zero-order valence-corrected chi connectivity index (χ0v) is 13.8. The highest BCUT2D eigenvalue weighted by atomic mass is 16.2. The molecule has 0 unspecified atom stereocenters. The summed E-state index contributed by atoms with van der Waals surface area (Å²) in [5.74, 6) is 0.919. The van der Waals surface area contributed by atoms with E-state index in [0.717, 1.165) is 36.6 Å². The molecular weight excluding hydrogens is 316 g/mol. The molecule has 0 radical (unpaired) electrons. The van der Waals surface area contributed by atoms with Gasteiger partial charge in [0.15, 0.2) is 0 Å². The van der Waals surface area contributed by atoms with Gasteiger partial charge in [-0.2, -0.15) is 5.10 Å². The number of likely N-dealkylation sites (tertiary alicyclic amines) is 1. The molecule has 25 heavy (non-hydrogen) atoms. The Balaban J connectivity index is 1.45. The quantitative estimate of drug-likeness (QED) is 0.749. The highest BCUT2D eigenvalue weighted by molar-refractivity contribution is 5.95. The van der Waals surface area contributed by atoms with Gasteiger partial charge in [-0.25, -0.2) is 9.67 Å². The van der Waals surface area contributed by atoms with E-state index < -0.39 is 0 Å². The Morgan fingerprint density at radius 1 is 1.32 bits per heavy atom. The predicted octanol–water partition coefficient (Wildman–Crippen LogP) is 2.20. The first-order valence-corrected chi connectivity index (χ1v) is 8.43. The Bertz CT molecular complexity index is 827. The van der Waals surface area contributed by atoms with Crippen LogP contribution in [0.15, 0.2) is 55.1 Å². The average molecular weight is 336 g/mol. The highest BCUT2D eigenvalue weighted by Crippen LogP contribution is 2.21. The molecule has 1 amide bonds. The van der Waals surface area contributed by atoms with E-state index in [1.165, 1.54) is 0 Å². The van der Waals surface area contributed by atoms with Crippen molar-refractivity contribution in [3.8, 4) is 5.69 Å². The molecule has 0 saturated carbocycles. The van der Waals surface area contributed by atoms with E-state index in [1.807, 2.05) is 36.5 Å². The fraction of sp³-hybridized carbons (Fsp3) is 0.278. The molecule has 128 valence electrons. The number of aromatic nitrogens is 4. The standard InChI is InChI=1S/C18H20N6O/c25-18(16-6-2-10-23(16)13-17-19-8-9-20-17)22-14-4-1-5-15(12-14)24-11-3-7-21-24/h1,3-5,7-9,11-12,16H,2,6,10,13H2,(H,19,20)(H,22,25)/t16-/m1/s1. The molecule has 0 spiro atoms. The third-order valence-corrected chi connectivity index (χ3v) is 4.46. The number of nitrogens with zero attached hydrogens (tertiary/aromatic N) is 4. The van der Waals surface area contributed by atoms with Crippen LogP contribution >= 0.6 is 0 Å². The van der Waals surface area contributed by atoms with Crippen molar-refractivity contribution in [3.05, 3.63) is 60.9 Å². The zero-order valence-electron chi connectivity index (χ0n) is 13.8. The third-order valence-electron chi connectivity index (χ3n) is 4.46. The molecular formula is C18H20N6O. The maximum Gasteiger partial charge on any atom is 0.241 e. The van der Waals surface area contributed by atoms with Crippen LogP contribution < -0.4 is 5.32 Å². The number of hydrogen-bond donors (Lipinski definition) is 2. The van der Waals surface area contributed by atoms with Gasteiger partial charge in [-0.05, 0) is 43.7 Å². The molecule has 1 fully saturated rings.